The van der Waals surface area contributed by atoms with Crippen molar-refractivity contribution in [2.75, 3.05) is 19.6 Å². The largest absolute Gasteiger partial charge is 0.325 e. The van der Waals surface area contributed by atoms with E-state index in [1.807, 2.05) is 0 Å². The van der Waals surface area contributed by atoms with Gasteiger partial charge in [-0.2, -0.15) is 0 Å². The molecule has 0 bridgehead atoms. The Balaban J connectivity index is 0.00000196. The molecule has 92 valence electrons. The van der Waals surface area contributed by atoms with E-state index in [1.54, 1.807) is 0 Å². The number of nitrogens with two attached hydrogens (primary N) is 1. The quantitative estimate of drug-likeness (QED) is 0.796. The third-order valence-corrected chi connectivity index (χ3v) is 3.18. The Morgan fingerprint density at radius 1 is 1.20 bits per heavy atom. The van der Waals surface area contributed by atoms with Crippen molar-refractivity contribution in [2.24, 2.45) is 11.1 Å². The standard InChI is InChI=1S/C12H26N2.ClH/c1-11(2,3)5-8-14-9-6-12(4,13)7-10-14;/h5-10,13H2,1-4H3;1H. The molecule has 15 heavy (non-hydrogen) atoms. The van der Waals surface area contributed by atoms with E-state index in [9.17, 15) is 0 Å². The molecule has 0 aromatic carbocycles. The van der Waals surface area contributed by atoms with Gasteiger partial charge in [0.25, 0.3) is 0 Å². The molecule has 2 nitrogen and oxygen atoms in total. The van der Waals surface area contributed by atoms with Crippen LogP contribution in [0.25, 0.3) is 0 Å². The van der Waals surface area contributed by atoms with Gasteiger partial charge >= 0.3 is 0 Å². The van der Waals surface area contributed by atoms with E-state index in [0.717, 1.165) is 12.8 Å². The Labute approximate surface area is 101 Å². The summed E-state index contributed by atoms with van der Waals surface area (Å²) in [6, 6.07) is 0. The van der Waals surface area contributed by atoms with Gasteiger partial charge in [0.15, 0.2) is 0 Å². The zero-order valence-corrected chi connectivity index (χ0v) is 11.5. The highest BCUT2D eigenvalue weighted by Gasteiger charge is 2.26. The molecule has 3 heteroatoms. The smallest absolute Gasteiger partial charge is 0.0150 e. The molecule has 1 saturated heterocycles. The Morgan fingerprint density at radius 2 is 1.67 bits per heavy atom. The molecule has 0 aromatic heterocycles. The Kier molecular flexibility index (Phi) is 5.59. The van der Waals surface area contributed by atoms with Gasteiger partial charge in [-0.15, -0.1) is 12.4 Å². The van der Waals surface area contributed by atoms with E-state index in [2.05, 4.69) is 32.6 Å². The summed E-state index contributed by atoms with van der Waals surface area (Å²) in [5.74, 6) is 0. The van der Waals surface area contributed by atoms with Crippen LogP contribution in [0.5, 0.6) is 0 Å². The molecule has 0 aliphatic carbocycles. The molecular formula is C12H27ClN2. The third-order valence-electron chi connectivity index (χ3n) is 3.18. The minimum Gasteiger partial charge on any atom is -0.325 e. The third kappa shape index (κ3) is 6.39. The van der Waals surface area contributed by atoms with Gasteiger partial charge in [-0.05, 0) is 51.2 Å². The number of halogens is 1. The van der Waals surface area contributed by atoms with Crippen LogP contribution in [0.2, 0.25) is 0 Å². The molecule has 0 saturated carbocycles. The van der Waals surface area contributed by atoms with E-state index in [-0.39, 0.29) is 17.9 Å². The minimum absolute atomic E-state index is 0. The van der Waals surface area contributed by atoms with Crippen LogP contribution in [0.1, 0.15) is 47.0 Å². The predicted molar refractivity (Wildman–Crippen MR) is 69.6 cm³/mol. The lowest BCUT2D eigenvalue weighted by Gasteiger charge is -2.37. The zero-order chi connectivity index (χ0) is 10.8. The van der Waals surface area contributed by atoms with Gasteiger partial charge in [-0.1, -0.05) is 20.8 Å². The maximum atomic E-state index is 6.10. The van der Waals surface area contributed by atoms with Crippen molar-refractivity contribution in [1.29, 1.82) is 0 Å². The highest BCUT2D eigenvalue weighted by Crippen LogP contribution is 2.22. The number of piperidine rings is 1. The molecular weight excluding hydrogens is 208 g/mol. The maximum absolute atomic E-state index is 6.10. The van der Waals surface area contributed by atoms with Gasteiger partial charge in [-0.25, -0.2) is 0 Å². The van der Waals surface area contributed by atoms with E-state index in [1.165, 1.54) is 26.1 Å². The zero-order valence-electron chi connectivity index (χ0n) is 10.7. The van der Waals surface area contributed by atoms with Crippen molar-refractivity contribution in [1.82, 2.24) is 4.90 Å². The van der Waals surface area contributed by atoms with Gasteiger partial charge in [0.1, 0.15) is 0 Å². The van der Waals surface area contributed by atoms with E-state index in [0.29, 0.717) is 5.41 Å². The first-order valence-electron chi connectivity index (χ1n) is 5.80. The van der Waals surface area contributed by atoms with E-state index in [4.69, 9.17) is 5.73 Å². The van der Waals surface area contributed by atoms with Crippen molar-refractivity contribution in [3.05, 3.63) is 0 Å². The van der Waals surface area contributed by atoms with Gasteiger partial charge in [0.05, 0.1) is 0 Å². The molecule has 2 N–H and O–H groups in total. The molecule has 0 amide bonds. The molecule has 1 aliphatic heterocycles. The molecule has 1 aliphatic rings. The topological polar surface area (TPSA) is 29.3 Å². The van der Waals surface area contributed by atoms with Crippen LogP contribution in [0.15, 0.2) is 0 Å². The molecule has 1 heterocycles. The first-order chi connectivity index (χ1) is 6.29. The molecule has 0 spiro atoms. The molecule has 0 unspecified atom stereocenters. The van der Waals surface area contributed by atoms with Crippen LogP contribution in [0.4, 0.5) is 0 Å². The van der Waals surface area contributed by atoms with Crippen LogP contribution >= 0.6 is 12.4 Å². The highest BCUT2D eigenvalue weighted by atomic mass is 35.5. The lowest BCUT2D eigenvalue weighted by atomic mass is 9.89. The second-order valence-electron chi connectivity index (χ2n) is 6.31. The van der Waals surface area contributed by atoms with Gasteiger partial charge in [0, 0.05) is 5.54 Å². The summed E-state index contributed by atoms with van der Waals surface area (Å²) in [4.78, 5) is 2.56. The summed E-state index contributed by atoms with van der Waals surface area (Å²) in [7, 11) is 0. The molecule has 0 aromatic rings. The van der Waals surface area contributed by atoms with Crippen LogP contribution in [0.3, 0.4) is 0 Å². The van der Waals surface area contributed by atoms with Gasteiger partial charge in [0.2, 0.25) is 0 Å². The maximum Gasteiger partial charge on any atom is 0.0150 e. The average molecular weight is 235 g/mol. The van der Waals surface area contributed by atoms with Crippen LogP contribution in [0, 0.1) is 5.41 Å². The fraction of sp³-hybridized carbons (Fsp3) is 1.00. The van der Waals surface area contributed by atoms with Crippen LogP contribution < -0.4 is 5.73 Å². The number of likely N-dealkylation sites (tertiary alicyclic amines) is 1. The monoisotopic (exact) mass is 234 g/mol. The predicted octanol–water partition coefficient (Wildman–Crippen LogP) is 2.66. The lowest BCUT2D eigenvalue weighted by Crippen LogP contribution is -2.48. The van der Waals surface area contributed by atoms with Crippen molar-refractivity contribution < 1.29 is 0 Å². The summed E-state index contributed by atoms with van der Waals surface area (Å²) < 4.78 is 0. The Morgan fingerprint density at radius 3 is 2.07 bits per heavy atom. The van der Waals surface area contributed by atoms with Crippen molar-refractivity contribution in [3.8, 4) is 0 Å². The molecule has 1 rings (SSSR count). The number of nitrogens with zero attached hydrogens (tertiary/aromatic N) is 1. The van der Waals surface area contributed by atoms with Gasteiger partial charge < -0.3 is 10.6 Å². The normalized spacial score (nSPS) is 22.2. The Bertz CT molecular complexity index is 175. The van der Waals surface area contributed by atoms with Gasteiger partial charge in [-0.3, -0.25) is 0 Å². The minimum atomic E-state index is 0. The second kappa shape index (κ2) is 5.51. The number of rotatable bonds is 2. The van der Waals surface area contributed by atoms with E-state index >= 15 is 0 Å². The fourth-order valence-corrected chi connectivity index (χ4v) is 1.78. The summed E-state index contributed by atoms with van der Waals surface area (Å²) in [5.41, 5.74) is 6.65. The van der Waals surface area contributed by atoms with Crippen molar-refractivity contribution in [2.45, 2.75) is 52.5 Å². The Hall–Kier alpha value is 0.210. The molecule has 1 fully saturated rings. The summed E-state index contributed by atoms with van der Waals surface area (Å²) in [6.45, 7) is 12.7. The van der Waals surface area contributed by atoms with E-state index < -0.39 is 0 Å². The number of hydrogen-bond donors (Lipinski definition) is 1. The summed E-state index contributed by atoms with van der Waals surface area (Å²) in [5, 5.41) is 0. The summed E-state index contributed by atoms with van der Waals surface area (Å²) >= 11 is 0. The fourth-order valence-electron chi connectivity index (χ4n) is 1.78. The lowest BCUT2D eigenvalue weighted by molar-refractivity contribution is 0.154. The van der Waals surface area contributed by atoms with Crippen LogP contribution in [-0.2, 0) is 0 Å². The first-order valence-corrected chi connectivity index (χ1v) is 5.80. The van der Waals surface area contributed by atoms with Crippen molar-refractivity contribution >= 4 is 12.4 Å². The second-order valence-corrected chi connectivity index (χ2v) is 6.31. The van der Waals surface area contributed by atoms with Crippen molar-refractivity contribution in [3.63, 3.8) is 0 Å². The first kappa shape index (κ1) is 15.2. The molecule has 0 radical (unpaired) electrons. The SMILES string of the molecule is CC(C)(C)CCN1CCC(C)(N)CC1.Cl. The average Bonchev–Trinajstić information content (AvgIpc) is 2.01. The number of hydrogen-bond acceptors (Lipinski definition) is 2. The van der Waals surface area contributed by atoms with Crippen LogP contribution in [-0.4, -0.2) is 30.1 Å². The summed E-state index contributed by atoms with van der Waals surface area (Å²) in [6.07, 6.45) is 3.59. The molecule has 0 atom stereocenters. The highest BCUT2D eigenvalue weighted by molar-refractivity contribution is 5.85.